The van der Waals surface area contributed by atoms with Gasteiger partial charge in [-0.3, -0.25) is 4.99 Å². The van der Waals surface area contributed by atoms with E-state index in [1.54, 1.807) is 0 Å². The standard InChI is InChI=1S/C21H22BrN/c1-15-8-6-11-19(16(15)2)21(17-9-7-10-18(22)14-17)20-12-4-3-5-13-23-20/h6-14,21H,3-5H2,1-2H3. The third-order valence-electron chi connectivity index (χ3n) is 4.57. The molecular weight excluding hydrogens is 346 g/mol. The van der Waals surface area contributed by atoms with E-state index in [9.17, 15) is 0 Å². The summed E-state index contributed by atoms with van der Waals surface area (Å²) in [5, 5.41) is 0. The Balaban J connectivity index is 2.17. The highest BCUT2D eigenvalue weighted by Gasteiger charge is 2.21. The summed E-state index contributed by atoms with van der Waals surface area (Å²) >= 11 is 3.62. The van der Waals surface area contributed by atoms with Crippen LogP contribution in [0.25, 0.3) is 0 Å². The van der Waals surface area contributed by atoms with Crippen LogP contribution in [0.5, 0.6) is 0 Å². The topological polar surface area (TPSA) is 12.4 Å². The maximum absolute atomic E-state index is 4.80. The molecule has 2 aromatic rings. The van der Waals surface area contributed by atoms with Crippen LogP contribution >= 0.6 is 15.9 Å². The zero-order valence-corrected chi connectivity index (χ0v) is 15.3. The van der Waals surface area contributed by atoms with Gasteiger partial charge >= 0.3 is 0 Å². The minimum absolute atomic E-state index is 0.196. The first-order valence-corrected chi connectivity index (χ1v) is 9.00. The van der Waals surface area contributed by atoms with Crippen molar-refractivity contribution in [3.8, 4) is 0 Å². The maximum Gasteiger partial charge on any atom is 0.0512 e. The molecule has 1 aliphatic heterocycles. The molecule has 0 aromatic heterocycles. The first-order chi connectivity index (χ1) is 11.2. The third-order valence-corrected chi connectivity index (χ3v) is 5.06. The van der Waals surface area contributed by atoms with Gasteiger partial charge in [0.2, 0.25) is 0 Å². The van der Waals surface area contributed by atoms with Gasteiger partial charge in [0.15, 0.2) is 0 Å². The summed E-state index contributed by atoms with van der Waals surface area (Å²) in [6.45, 7) is 4.40. The SMILES string of the molecule is Cc1cccc(C(C2=CCCCC=N2)c2cccc(Br)c2)c1C. The summed E-state index contributed by atoms with van der Waals surface area (Å²) in [5.41, 5.74) is 6.51. The lowest BCUT2D eigenvalue weighted by atomic mass is 9.84. The summed E-state index contributed by atoms with van der Waals surface area (Å²) in [4.78, 5) is 4.80. The predicted octanol–water partition coefficient (Wildman–Crippen LogP) is 6.34. The van der Waals surface area contributed by atoms with E-state index in [2.05, 4.69) is 84.5 Å². The van der Waals surface area contributed by atoms with Crippen LogP contribution in [0.4, 0.5) is 0 Å². The number of nitrogens with zero attached hydrogens (tertiary/aromatic N) is 1. The fraction of sp³-hybridized carbons (Fsp3) is 0.286. The van der Waals surface area contributed by atoms with Gasteiger partial charge in [0.05, 0.1) is 5.92 Å². The van der Waals surface area contributed by atoms with Crippen LogP contribution in [-0.2, 0) is 0 Å². The molecule has 1 aliphatic rings. The fourth-order valence-corrected chi connectivity index (χ4v) is 3.57. The molecule has 0 saturated heterocycles. The average Bonchev–Trinajstić information content (AvgIpc) is 2.81. The summed E-state index contributed by atoms with van der Waals surface area (Å²) in [6.07, 6.45) is 7.75. The lowest BCUT2D eigenvalue weighted by Crippen LogP contribution is -2.07. The van der Waals surface area contributed by atoms with E-state index in [1.165, 1.54) is 34.4 Å². The Kier molecular flexibility index (Phi) is 5.12. The second-order valence-electron chi connectivity index (χ2n) is 6.15. The van der Waals surface area contributed by atoms with Crippen LogP contribution in [0.15, 0.2) is 63.7 Å². The molecule has 0 saturated carbocycles. The third kappa shape index (κ3) is 3.64. The molecule has 1 nitrogen and oxygen atoms in total. The molecule has 2 heteroatoms. The number of hydrogen-bond acceptors (Lipinski definition) is 1. The Morgan fingerprint density at radius 1 is 1.04 bits per heavy atom. The van der Waals surface area contributed by atoms with Crippen molar-refractivity contribution in [2.45, 2.75) is 39.0 Å². The molecule has 0 N–H and O–H groups in total. The van der Waals surface area contributed by atoms with Gasteiger partial charge in [-0.25, -0.2) is 0 Å². The monoisotopic (exact) mass is 367 g/mol. The van der Waals surface area contributed by atoms with Gasteiger partial charge < -0.3 is 0 Å². The molecule has 3 rings (SSSR count). The largest absolute Gasteiger partial charge is 0.265 e. The Morgan fingerprint density at radius 2 is 1.87 bits per heavy atom. The summed E-state index contributed by atoms with van der Waals surface area (Å²) in [7, 11) is 0. The van der Waals surface area contributed by atoms with Gasteiger partial charge in [-0.05, 0) is 67.5 Å². The lowest BCUT2D eigenvalue weighted by molar-refractivity contribution is 0.880. The molecule has 0 bridgehead atoms. The van der Waals surface area contributed by atoms with E-state index >= 15 is 0 Å². The number of benzene rings is 2. The van der Waals surface area contributed by atoms with Gasteiger partial charge in [0.25, 0.3) is 0 Å². The molecule has 23 heavy (non-hydrogen) atoms. The van der Waals surface area contributed by atoms with Crippen LogP contribution in [0, 0.1) is 13.8 Å². The Labute approximate surface area is 147 Å². The number of aryl methyl sites for hydroxylation is 1. The van der Waals surface area contributed by atoms with E-state index in [1.807, 2.05) is 0 Å². The Morgan fingerprint density at radius 3 is 2.70 bits per heavy atom. The van der Waals surface area contributed by atoms with Gasteiger partial charge in [0, 0.05) is 16.4 Å². The van der Waals surface area contributed by atoms with Crippen molar-refractivity contribution in [1.82, 2.24) is 0 Å². The van der Waals surface area contributed by atoms with Crippen molar-refractivity contribution in [3.63, 3.8) is 0 Å². The first-order valence-electron chi connectivity index (χ1n) is 8.21. The van der Waals surface area contributed by atoms with Crippen molar-refractivity contribution in [2.75, 3.05) is 0 Å². The average molecular weight is 368 g/mol. The van der Waals surface area contributed by atoms with Crippen LogP contribution in [0.2, 0.25) is 0 Å². The van der Waals surface area contributed by atoms with E-state index < -0.39 is 0 Å². The summed E-state index contributed by atoms with van der Waals surface area (Å²) in [5.74, 6) is 0.196. The summed E-state index contributed by atoms with van der Waals surface area (Å²) in [6, 6.07) is 15.2. The lowest BCUT2D eigenvalue weighted by Gasteiger charge is -2.22. The fourth-order valence-electron chi connectivity index (χ4n) is 3.16. The molecule has 0 spiro atoms. The molecule has 1 heterocycles. The number of halogens is 1. The molecule has 1 unspecified atom stereocenters. The molecule has 118 valence electrons. The molecule has 2 aromatic carbocycles. The molecular formula is C21H22BrN. The van der Waals surface area contributed by atoms with Crippen molar-refractivity contribution in [3.05, 3.63) is 81.0 Å². The number of rotatable bonds is 3. The van der Waals surface area contributed by atoms with Gasteiger partial charge in [-0.2, -0.15) is 0 Å². The molecule has 0 aliphatic carbocycles. The van der Waals surface area contributed by atoms with E-state index in [4.69, 9.17) is 4.99 Å². The quantitative estimate of drug-likeness (QED) is 0.600. The normalized spacial score (nSPS) is 15.9. The Bertz CT molecular complexity index is 758. The first kappa shape index (κ1) is 16.2. The number of allylic oxidation sites excluding steroid dienone is 2. The van der Waals surface area contributed by atoms with Crippen LogP contribution in [-0.4, -0.2) is 6.21 Å². The highest BCUT2D eigenvalue weighted by atomic mass is 79.9. The highest BCUT2D eigenvalue weighted by molar-refractivity contribution is 9.10. The molecule has 0 fully saturated rings. The molecule has 0 amide bonds. The van der Waals surface area contributed by atoms with Gasteiger partial charge in [0.1, 0.15) is 0 Å². The molecule has 1 atom stereocenters. The van der Waals surface area contributed by atoms with Crippen LogP contribution < -0.4 is 0 Å². The van der Waals surface area contributed by atoms with E-state index in [0.29, 0.717) is 0 Å². The van der Waals surface area contributed by atoms with Crippen LogP contribution in [0.3, 0.4) is 0 Å². The van der Waals surface area contributed by atoms with E-state index in [0.717, 1.165) is 17.3 Å². The minimum atomic E-state index is 0.196. The van der Waals surface area contributed by atoms with Crippen molar-refractivity contribution < 1.29 is 0 Å². The zero-order chi connectivity index (χ0) is 16.2. The van der Waals surface area contributed by atoms with Gasteiger partial charge in [-0.1, -0.05) is 52.3 Å². The summed E-state index contributed by atoms with van der Waals surface area (Å²) < 4.78 is 1.11. The van der Waals surface area contributed by atoms with Crippen molar-refractivity contribution in [1.29, 1.82) is 0 Å². The minimum Gasteiger partial charge on any atom is -0.265 e. The zero-order valence-electron chi connectivity index (χ0n) is 13.7. The second-order valence-corrected chi connectivity index (χ2v) is 7.06. The van der Waals surface area contributed by atoms with Gasteiger partial charge in [-0.15, -0.1) is 0 Å². The highest BCUT2D eigenvalue weighted by Crippen LogP contribution is 2.37. The van der Waals surface area contributed by atoms with Crippen molar-refractivity contribution >= 4 is 22.1 Å². The Hall–Kier alpha value is -1.67. The maximum atomic E-state index is 4.80. The van der Waals surface area contributed by atoms with E-state index in [-0.39, 0.29) is 5.92 Å². The number of aliphatic imine (C=N–C) groups is 1. The van der Waals surface area contributed by atoms with Crippen molar-refractivity contribution in [2.24, 2.45) is 4.99 Å². The van der Waals surface area contributed by atoms with Crippen LogP contribution in [0.1, 0.15) is 47.4 Å². The predicted molar refractivity (Wildman–Crippen MR) is 102 cm³/mol. The smallest absolute Gasteiger partial charge is 0.0512 e. The second kappa shape index (κ2) is 7.27. The number of hydrogen-bond donors (Lipinski definition) is 0. The molecule has 0 radical (unpaired) electrons.